The Hall–Kier alpha value is -0.230. The van der Waals surface area contributed by atoms with Crippen LogP contribution in [0.15, 0.2) is 0 Å². The summed E-state index contributed by atoms with van der Waals surface area (Å²) in [6, 6.07) is 0.726. The molecule has 5 heteroatoms. The van der Waals surface area contributed by atoms with Crippen LogP contribution in [0.5, 0.6) is 0 Å². The summed E-state index contributed by atoms with van der Waals surface area (Å²) in [4.78, 5) is 5.69. The van der Waals surface area contributed by atoms with Crippen LogP contribution in [-0.2, 0) is 4.74 Å². The van der Waals surface area contributed by atoms with Crippen LogP contribution in [-0.4, -0.2) is 65.8 Å². The highest BCUT2D eigenvalue weighted by atomic mass is 32.1. The average molecular weight is 311 g/mol. The fourth-order valence-corrected chi connectivity index (χ4v) is 4.55. The molecule has 2 saturated heterocycles. The zero-order chi connectivity index (χ0) is 14.7. The van der Waals surface area contributed by atoms with Gasteiger partial charge in [-0.1, -0.05) is 31.5 Å². The number of rotatable bonds is 3. The highest BCUT2D eigenvalue weighted by Gasteiger charge is 2.40. The monoisotopic (exact) mass is 311 g/mol. The largest absolute Gasteiger partial charge is 0.392 e. The molecule has 2 aliphatic heterocycles. The maximum Gasteiger partial charge on any atom is 0.0870 e. The highest BCUT2D eigenvalue weighted by Crippen LogP contribution is 2.39. The fourth-order valence-electron chi connectivity index (χ4n) is 4.37. The molecule has 120 valence electrons. The lowest BCUT2D eigenvalue weighted by atomic mass is 9.78. The summed E-state index contributed by atoms with van der Waals surface area (Å²) in [6.45, 7) is 6.24. The molecule has 1 atom stereocenters. The molecular formula is C16H29N3OS. The van der Waals surface area contributed by atoms with Gasteiger partial charge < -0.3 is 10.5 Å². The summed E-state index contributed by atoms with van der Waals surface area (Å²) in [5.41, 5.74) is 5.87. The highest BCUT2D eigenvalue weighted by molar-refractivity contribution is 7.80. The number of ether oxygens (including phenoxy) is 1. The molecule has 1 saturated carbocycles. The molecule has 0 radical (unpaired) electrons. The number of hydrogen-bond donors (Lipinski definition) is 1. The van der Waals surface area contributed by atoms with Crippen molar-refractivity contribution < 1.29 is 4.74 Å². The van der Waals surface area contributed by atoms with Crippen molar-refractivity contribution >= 4 is 17.2 Å². The van der Waals surface area contributed by atoms with E-state index in [1.807, 2.05) is 0 Å². The van der Waals surface area contributed by atoms with E-state index in [0.29, 0.717) is 4.99 Å². The van der Waals surface area contributed by atoms with Crippen molar-refractivity contribution in [2.75, 3.05) is 39.3 Å². The molecule has 21 heavy (non-hydrogen) atoms. The van der Waals surface area contributed by atoms with Crippen molar-refractivity contribution in [1.82, 2.24) is 9.80 Å². The predicted molar refractivity (Wildman–Crippen MR) is 89.6 cm³/mol. The van der Waals surface area contributed by atoms with Crippen LogP contribution >= 0.6 is 12.2 Å². The first-order chi connectivity index (χ1) is 10.2. The van der Waals surface area contributed by atoms with Gasteiger partial charge in [-0.3, -0.25) is 9.80 Å². The number of thiocarbonyl (C=S) groups is 1. The van der Waals surface area contributed by atoms with E-state index in [-0.39, 0.29) is 5.60 Å². The van der Waals surface area contributed by atoms with Crippen LogP contribution in [0.1, 0.15) is 44.9 Å². The van der Waals surface area contributed by atoms with Crippen molar-refractivity contribution in [3.63, 3.8) is 0 Å². The number of nitrogens with zero attached hydrogens (tertiary/aromatic N) is 2. The lowest BCUT2D eigenvalue weighted by molar-refractivity contribution is -0.127. The Labute approximate surface area is 134 Å². The molecule has 2 heterocycles. The average Bonchev–Trinajstić information content (AvgIpc) is 2.48. The minimum atomic E-state index is 0.219. The SMILES string of the molecule is NC(=S)CN1CCN(C2CCOC3(CCCCC3)C2)CC1. The minimum absolute atomic E-state index is 0.219. The van der Waals surface area contributed by atoms with Crippen LogP contribution < -0.4 is 5.73 Å². The smallest absolute Gasteiger partial charge is 0.0870 e. The normalized spacial score (nSPS) is 31.3. The van der Waals surface area contributed by atoms with E-state index in [1.165, 1.54) is 44.9 Å². The molecule has 0 amide bonds. The molecule has 3 fully saturated rings. The van der Waals surface area contributed by atoms with E-state index in [4.69, 9.17) is 22.7 Å². The molecule has 2 N–H and O–H groups in total. The van der Waals surface area contributed by atoms with Crippen LogP contribution in [0.4, 0.5) is 0 Å². The van der Waals surface area contributed by atoms with Crippen LogP contribution in [0.25, 0.3) is 0 Å². The third-order valence-electron chi connectivity index (χ3n) is 5.53. The second-order valence-electron chi connectivity index (χ2n) is 7.02. The number of nitrogens with two attached hydrogens (primary N) is 1. The van der Waals surface area contributed by atoms with Gasteiger partial charge in [0.2, 0.25) is 0 Å². The maximum absolute atomic E-state index is 6.23. The molecule has 1 aliphatic carbocycles. The van der Waals surface area contributed by atoms with Crippen LogP contribution in [0.3, 0.4) is 0 Å². The summed E-state index contributed by atoms with van der Waals surface area (Å²) >= 11 is 5.02. The molecule has 3 aliphatic rings. The van der Waals surface area contributed by atoms with Gasteiger partial charge in [-0.05, 0) is 25.7 Å². The van der Waals surface area contributed by atoms with E-state index < -0.39 is 0 Å². The van der Waals surface area contributed by atoms with E-state index >= 15 is 0 Å². The van der Waals surface area contributed by atoms with Crippen molar-refractivity contribution in [3.8, 4) is 0 Å². The summed E-state index contributed by atoms with van der Waals surface area (Å²) < 4.78 is 6.23. The van der Waals surface area contributed by atoms with Gasteiger partial charge in [-0.2, -0.15) is 0 Å². The number of hydrogen-bond acceptors (Lipinski definition) is 4. The third-order valence-corrected chi connectivity index (χ3v) is 5.66. The molecule has 4 nitrogen and oxygen atoms in total. The van der Waals surface area contributed by atoms with Gasteiger partial charge in [-0.15, -0.1) is 0 Å². The third kappa shape index (κ3) is 3.95. The predicted octanol–water partition coefficient (Wildman–Crippen LogP) is 1.77. The Morgan fingerprint density at radius 1 is 1.14 bits per heavy atom. The minimum Gasteiger partial charge on any atom is -0.392 e. The van der Waals surface area contributed by atoms with E-state index in [9.17, 15) is 0 Å². The van der Waals surface area contributed by atoms with Gasteiger partial charge in [-0.25, -0.2) is 0 Å². The van der Waals surface area contributed by atoms with Crippen molar-refractivity contribution in [2.24, 2.45) is 5.73 Å². The second-order valence-corrected chi connectivity index (χ2v) is 7.54. The first-order valence-corrected chi connectivity index (χ1v) is 8.96. The summed E-state index contributed by atoms with van der Waals surface area (Å²) in [5.74, 6) is 0. The Morgan fingerprint density at radius 3 is 2.52 bits per heavy atom. The van der Waals surface area contributed by atoms with Crippen molar-refractivity contribution in [1.29, 1.82) is 0 Å². The topological polar surface area (TPSA) is 41.7 Å². The van der Waals surface area contributed by atoms with Crippen LogP contribution in [0.2, 0.25) is 0 Å². The van der Waals surface area contributed by atoms with Gasteiger partial charge in [0.25, 0.3) is 0 Å². The summed E-state index contributed by atoms with van der Waals surface area (Å²) in [7, 11) is 0. The first-order valence-electron chi connectivity index (χ1n) is 8.56. The lowest BCUT2D eigenvalue weighted by Gasteiger charge is -2.48. The zero-order valence-electron chi connectivity index (χ0n) is 13.1. The van der Waals surface area contributed by atoms with Gasteiger partial charge in [0.1, 0.15) is 0 Å². The van der Waals surface area contributed by atoms with Crippen LogP contribution in [0, 0.1) is 0 Å². The summed E-state index contributed by atoms with van der Waals surface area (Å²) in [5, 5.41) is 0. The molecule has 0 aromatic carbocycles. The van der Waals surface area contributed by atoms with Gasteiger partial charge in [0, 0.05) is 45.4 Å². The maximum atomic E-state index is 6.23. The Kier molecular flexibility index (Phi) is 5.15. The molecule has 1 spiro atoms. The van der Waals surface area contributed by atoms with Crippen molar-refractivity contribution in [3.05, 3.63) is 0 Å². The van der Waals surface area contributed by atoms with Crippen molar-refractivity contribution in [2.45, 2.75) is 56.6 Å². The zero-order valence-corrected chi connectivity index (χ0v) is 13.9. The van der Waals surface area contributed by atoms with E-state index in [1.54, 1.807) is 0 Å². The molecule has 3 rings (SSSR count). The molecule has 0 bridgehead atoms. The quantitative estimate of drug-likeness (QED) is 0.805. The lowest BCUT2D eigenvalue weighted by Crippen LogP contribution is -2.55. The molecular weight excluding hydrogens is 282 g/mol. The molecule has 1 unspecified atom stereocenters. The number of piperazine rings is 1. The van der Waals surface area contributed by atoms with Gasteiger partial charge in [0.15, 0.2) is 0 Å². The molecule has 0 aromatic rings. The van der Waals surface area contributed by atoms with E-state index in [0.717, 1.165) is 45.4 Å². The summed E-state index contributed by atoms with van der Waals surface area (Å²) in [6.07, 6.45) is 9.13. The Morgan fingerprint density at radius 2 is 1.86 bits per heavy atom. The van der Waals surface area contributed by atoms with E-state index in [2.05, 4.69) is 9.80 Å². The fraction of sp³-hybridized carbons (Fsp3) is 0.938. The first kappa shape index (κ1) is 15.7. The standard InChI is InChI=1S/C16H29N3OS/c17-15(21)13-18-7-9-19(10-8-18)14-4-11-20-16(12-14)5-2-1-3-6-16/h14H,1-13H2,(H2,17,21). The molecule has 0 aromatic heterocycles. The second kappa shape index (κ2) is 6.90. The Bertz CT molecular complexity index is 357. The van der Waals surface area contributed by atoms with Gasteiger partial charge in [0.05, 0.1) is 10.6 Å². The Balaban J connectivity index is 1.52. The van der Waals surface area contributed by atoms with Gasteiger partial charge >= 0.3 is 0 Å².